The summed E-state index contributed by atoms with van der Waals surface area (Å²) in [7, 11) is 3.16. The Labute approximate surface area is 226 Å². The summed E-state index contributed by atoms with van der Waals surface area (Å²) in [6, 6.07) is 11.4. The molecule has 0 spiro atoms. The van der Waals surface area contributed by atoms with Crippen molar-refractivity contribution in [3.05, 3.63) is 77.4 Å². The highest BCUT2D eigenvalue weighted by Crippen LogP contribution is 2.37. The van der Waals surface area contributed by atoms with E-state index in [9.17, 15) is 9.59 Å². The van der Waals surface area contributed by atoms with E-state index in [1.54, 1.807) is 20.3 Å². The van der Waals surface area contributed by atoms with Gasteiger partial charge in [0.1, 0.15) is 11.5 Å². The second-order valence-corrected chi connectivity index (χ2v) is 11.3. The van der Waals surface area contributed by atoms with E-state index in [1.807, 2.05) is 48.2 Å². The van der Waals surface area contributed by atoms with Crippen LogP contribution in [0.2, 0.25) is 0 Å². The fourth-order valence-electron chi connectivity index (χ4n) is 5.64. The van der Waals surface area contributed by atoms with Crippen LogP contribution in [0.1, 0.15) is 61.5 Å². The first-order valence-electron chi connectivity index (χ1n) is 13.4. The van der Waals surface area contributed by atoms with Crippen molar-refractivity contribution in [2.75, 3.05) is 26.1 Å². The number of ether oxygens (including phenoxy) is 2. The Hall–Kier alpha value is -3.54. The number of hydrogen-bond acceptors (Lipinski definition) is 4. The highest BCUT2D eigenvalue weighted by molar-refractivity contribution is 6.00. The van der Waals surface area contributed by atoms with Gasteiger partial charge >= 0.3 is 0 Å². The average molecular weight is 517 g/mol. The van der Waals surface area contributed by atoms with Gasteiger partial charge < -0.3 is 19.7 Å². The van der Waals surface area contributed by atoms with Gasteiger partial charge in [0.2, 0.25) is 5.91 Å². The molecule has 0 aromatic heterocycles. The third kappa shape index (κ3) is 5.79. The van der Waals surface area contributed by atoms with Crippen molar-refractivity contribution in [1.82, 2.24) is 4.90 Å². The van der Waals surface area contributed by atoms with Crippen molar-refractivity contribution >= 4 is 17.5 Å². The van der Waals surface area contributed by atoms with Gasteiger partial charge in [-0.3, -0.25) is 9.59 Å². The minimum atomic E-state index is -0.336. The van der Waals surface area contributed by atoms with Crippen LogP contribution >= 0.6 is 0 Å². The van der Waals surface area contributed by atoms with Crippen molar-refractivity contribution in [3.63, 3.8) is 0 Å². The molecule has 2 aromatic rings. The summed E-state index contributed by atoms with van der Waals surface area (Å²) in [6.07, 6.45) is 10.6. The molecule has 2 amide bonds. The lowest BCUT2D eigenvalue weighted by Gasteiger charge is -2.44. The SMILES string of the molecule is COc1cc(C)c(C(=O)N2CCC[C@H](C(=O)Nc3cccc(C(C)(C)C)c3)[C@@H]2C2C=CC=CC2)c(OC)c1. The normalized spacial score (nSPS) is 21.2. The summed E-state index contributed by atoms with van der Waals surface area (Å²) >= 11 is 0. The van der Waals surface area contributed by atoms with Gasteiger partial charge in [-0.1, -0.05) is 57.2 Å². The van der Waals surface area contributed by atoms with E-state index < -0.39 is 0 Å². The summed E-state index contributed by atoms with van der Waals surface area (Å²) in [6.45, 7) is 8.97. The lowest BCUT2D eigenvalue weighted by molar-refractivity contribution is -0.123. The van der Waals surface area contributed by atoms with Crippen LogP contribution in [-0.2, 0) is 10.2 Å². The van der Waals surface area contributed by atoms with Crippen LogP contribution in [-0.4, -0.2) is 43.5 Å². The molecule has 38 heavy (non-hydrogen) atoms. The summed E-state index contributed by atoms with van der Waals surface area (Å²) in [5, 5.41) is 3.18. The number of nitrogens with one attached hydrogen (secondary N) is 1. The fourth-order valence-corrected chi connectivity index (χ4v) is 5.64. The highest BCUT2D eigenvalue weighted by atomic mass is 16.5. The van der Waals surface area contributed by atoms with E-state index >= 15 is 0 Å². The zero-order chi connectivity index (χ0) is 27.4. The van der Waals surface area contributed by atoms with E-state index in [2.05, 4.69) is 44.3 Å². The first-order valence-corrected chi connectivity index (χ1v) is 13.4. The molecular formula is C32H40N2O4. The van der Waals surface area contributed by atoms with Crippen LogP contribution in [0.4, 0.5) is 5.69 Å². The minimum absolute atomic E-state index is 0.0220. The Morgan fingerprint density at radius 3 is 2.50 bits per heavy atom. The molecule has 1 N–H and O–H groups in total. The molecule has 2 aliphatic rings. The summed E-state index contributed by atoms with van der Waals surface area (Å²) in [5.74, 6) is 0.681. The Balaban J connectivity index is 1.68. The third-order valence-electron chi connectivity index (χ3n) is 7.67. The second kappa shape index (κ2) is 11.5. The maximum Gasteiger partial charge on any atom is 0.258 e. The first-order chi connectivity index (χ1) is 18.1. The third-order valence-corrected chi connectivity index (χ3v) is 7.67. The number of nitrogens with zero attached hydrogens (tertiary/aromatic N) is 1. The van der Waals surface area contributed by atoms with E-state index in [-0.39, 0.29) is 35.1 Å². The topological polar surface area (TPSA) is 67.9 Å². The van der Waals surface area contributed by atoms with Crippen molar-refractivity contribution in [2.45, 2.75) is 58.4 Å². The van der Waals surface area contributed by atoms with E-state index in [0.29, 0.717) is 23.6 Å². The van der Waals surface area contributed by atoms with Gasteiger partial charge in [0.15, 0.2) is 0 Å². The predicted molar refractivity (Wildman–Crippen MR) is 152 cm³/mol. The smallest absolute Gasteiger partial charge is 0.258 e. The molecular weight excluding hydrogens is 476 g/mol. The first kappa shape index (κ1) is 27.5. The molecule has 1 unspecified atom stereocenters. The lowest BCUT2D eigenvalue weighted by atomic mass is 9.77. The maximum absolute atomic E-state index is 14.2. The summed E-state index contributed by atoms with van der Waals surface area (Å²) in [4.78, 5) is 29.9. The second-order valence-electron chi connectivity index (χ2n) is 11.3. The van der Waals surface area contributed by atoms with Gasteiger partial charge in [0.25, 0.3) is 5.91 Å². The number of methoxy groups -OCH3 is 2. The summed E-state index contributed by atoms with van der Waals surface area (Å²) < 4.78 is 11.0. The number of piperidine rings is 1. The number of anilines is 1. The molecule has 1 saturated heterocycles. The molecule has 1 heterocycles. The summed E-state index contributed by atoms with van der Waals surface area (Å²) in [5.41, 5.74) is 3.24. The van der Waals surface area contributed by atoms with Gasteiger partial charge in [-0.05, 0) is 60.9 Å². The fraction of sp³-hybridized carbons (Fsp3) is 0.438. The van der Waals surface area contributed by atoms with Crippen LogP contribution in [0.25, 0.3) is 0 Å². The number of benzene rings is 2. The predicted octanol–water partition coefficient (Wildman–Crippen LogP) is 6.30. The zero-order valence-corrected chi connectivity index (χ0v) is 23.4. The van der Waals surface area contributed by atoms with Gasteiger partial charge in [0, 0.05) is 24.2 Å². The van der Waals surface area contributed by atoms with Gasteiger partial charge in [-0.25, -0.2) is 0 Å². The molecule has 3 atom stereocenters. The van der Waals surface area contributed by atoms with Gasteiger partial charge in [0.05, 0.1) is 31.7 Å². The van der Waals surface area contributed by atoms with Crippen molar-refractivity contribution in [3.8, 4) is 11.5 Å². The van der Waals surface area contributed by atoms with Crippen molar-refractivity contribution in [2.24, 2.45) is 11.8 Å². The number of amides is 2. The molecule has 1 fully saturated rings. The number of likely N-dealkylation sites (tertiary alicyclic amines) is 1. The van der Waals surface area contributed by atoms with Crippen LogP contribution < -0.4 is 14.8 Å². The number of carbonyl (C=O) groups excluding carboxylic acids is 2. The van der Waals surface area contributed by atoms with Crippen LogP contribution in [0.3, 0.4) is 0 Å². The Morgan fingerprint density at radius 2 is 1.84 bits per heavy atom. The molecule has 0 radical (unpaired) electrons. The average Bonchev–Trinajstić information content (AvgIpc) is 2.91. The largest absolute Gasteiger partial charge is 0.497 e. The van der Waals surface area contributed by atoms with Gasteiger partial charge in [-0.15, -0.1) is 0 Å². The van der Waals surface area contributed by atoms with Crippen molar-refractivity contribution < 1.29 is 19.1 Å². The standard InChI is InChI=1S/C32H40N2O4/c1-21-18-25(37-5)20-27(38-6)28(21)31(36)34-17-11-16-26(29(34)22-12-8-7-9-13-22)30(35)33-24-15-10-14-23(19-24)32(2,3)4/h7-10,12,14-15,18-20,22,26,29H,11,13,16-17H2,1-6H3,(H,33,35)/t22?,26-,29-/m0/s1. The molecule has 0 bridgehead atoms. The van der Waals surface area contributed by atoms with Crippen molar-refractivity contribution in [1.29, 1.82) is 0 Å². The van der Waals surface area contributed by atoms with Crippen LogP contribution in [0, 0.1) is 18.8 Å². The number of aryl methyl sites for hydroxylation is 1. The van der Waals surface area contributed by atoms with Crippen LogP contribution in [0.15, 0.2) is 60.7 Å². The molecule has 6 heteroatoms. The lowest BCUT2D eigenvalue weighted by Crippen LogP contribution is -2.55. The Kier molecular flexibility index (Phi) is 8.29. The van der Waals surface area contributed by atoms with E-state index in [4.69, 9.17) is 9.47 Å². The molecule has 4 rings (SSSR count). The van der Waals surface area contributed by atoms with Gasteiger partial charge in [-0.2, -0.15) is 0 Å². The quantitative estimate of drug-likeness (QED) is 0.489. The molecule has 202 valence electrons. The molecule has 0 saturated carbocycles. The van der Waals surface area contributed by atoms with E-state index in [0.717, 1.165) is 36.1 Å². The monoisotopic (exact) mass is 516 g/mol. The number of allylic oxidation sites excluding steroid dienone is 3. The maximum atomic E-state index is 14.2. The number of carbonyl (C=O) groups is 2. The highest BCUT2D eigenvalue weighted by Gasteiger charge is 2.43. The molecule has 1 aliphatic heterocycles. The molecule has 1 aliphatic carbocycles. The molecule has 2 aromatic carbocycles. The Morgan fingerprint density at radius 1 is 1.05 bits per heavy atom. The van der Waals surface area contributed by atoms with Crippen LogP contribution in [0.5, 0.6) is 11.5 Å². The van der Waals surface area contributed by atoms with E-state index in [1.165, 1.54) is 0 Å². The zero-order valence-electron chi connectivity index (χ0n) is 23.4. The Bertz CT molecular complexity index is 1240. The molecule has 6 nitrogen and oxygen atoms in total. The number of hydrogen-bond donors (Lipinski definition) is 1. The number of rotatable bonds is 6. The minimum Gasteiger partial charge on any atom is -0.497 e.